The van der Waals surface area contributed by atoms with E-state index in [9.17, 15) is 4.79 Å². The first kappa shape index (κ1) is 31.8. The molecular formula is C36H50O7. The number of carbonyl (C=O) groups excluding carboxylic acids is 1. The van der Waals surface area contributed by atoms with E-state index in [-0.39, 0.29) is 36.3 Å². The van der Waals surface area contributed by atoms with E-state index in [4.69, 9.17) is 28.4 Å². The fraction of sp³-hybridized carbons (Fsp3) is 0.639. The van der Waals surface area contributed by atoms with Gasteiger partial charge in [-0.2, -0.15) is 0 Å². The van der Waals surface area contributed by atoms with Gasteiger partial charge in [-0.1, -0.05) is 47.6 Å². The van der Waals surface area contributed by atoms with Gasteiger partial charge in [0.1, 0.15) is 23.4 Å². The van der Waals surface area contributed by atoms with Gasteiger partial charge in [-0.25, -0.2) is 0 Å². The molecule has 5 rings (SSSR count). The summed E-state index contributed by atoms with van der Waals surface area (Å²) in [6.07, 6.45) is -0.754. The molecule has 2 fully saturated rings. The van der Waals surface area contributed by atoms with Crippen LogP contribution in [0.25, 0.3) is 0 Å². The van der Waals surface area contributed by atoms with E-state index >= 15 is 0 Å². The molecule has 2 aromatic rings. The molecule has 0 N–H and O–H groups in total. The molecule has 3 aliphatic rings. The van der Waals surface area contributed by atoms with Crippen LogP contribution in [0.5, 0.6) is 17.2 Å². The number of hydrogen-bond donors (Lipinski definition) is 0. The van der Waals surface area contributed by atoms with Crippen molar-refractivity contribution in [2.75, 3.05) is 13.7 Å². The van der Waals surface area contributed by atoms with Crippen LogP contribution < -0.4 is 14.2 Å². The van der Waals surface area contributed by atoms with Crippen molar-refractivity contribution in [3.05, 3.63) is 52.6 Å². The first-order valence-corrected chi connectivity index (χ1v) is 16.0. The van der Waals surface area contributed by atoms with Crippen LogP contribution in [0.1, 0.15) is 88.0 Å². The molecule has 3 aliphatic heterocycles. The topological polar surface area (TPSA) is 72.5 Å². The minimum atomic E-state index is -0.459. The SMILES string of the molecule is COc1ccc(C2CC(=O)c3c(C)cc(O[C@@H]4OC(CO[C@@H]5OC(C)[C@H](C)[C@H](C)C5C)[C@@H](C)[C@@H](C)C4C)cc3O2)cc1C. The molecule has 236 valence electrons. The first-order valence-electron chi connectivity index (χ1n) is 16.0. The third kappa shape index (κ3) is 6.31. The maximum Gasteiger partial charge on any atom is 0.203 e. The van der Waals surface area contributed by atoms with Crippen molar-refractivity contribution in [3.8, 4) is 17.2 Å². The smallest absolute Gasteiger partial charge is 0.203 e. The number of hydrogen-bond acceptors (Lipinski definition) is 7. The van der Waals surface area contributed by atoms with Gasteiger partial charge in [-0.15, -0.1) is 0 Å². The summed E-state index contributed by atoms with van der Waals surface area (Å²) in [5.74, 6) is 4.19. The van der Waals surface area contributed by atoms with E-state index in [2.05, 4.69) is 48.5 Å². The lowest BCUT2D eigenvalue weighted by atomic mass is 9.78. The van der Waals surface area contributed by atoms with Gasteiger partial charge >= 0.3 is 0 Å². The summed E-state index contributed by atoms with van der Waals surface area (Å²) in [5.41, 5.74) is 3.42. The summed E-state index contributed by atoms with van der Waals surface area (Å²) in [5, 5.41) is 0. The second kappa shape index (κ2) is 12.8. The molecule has 0 bridgehead atoms. The third-order valence-electron chi connectivity index (χ3n) is 10.8. The van der Waals surface area contributed by atoms with Crippen LogP contribution in [0.2, 0.25) is 0 Å². The molecule has 0 radical (unpaired) electrons. The van der Waals surface area contributed by atoms with Gasteiger partial charge in [0, 0.05) is 17.9 Å². The molecule has 11 atom stereocenters. The molecule has 43 heavy (non-hydrogen) atoms. The molecule has 0 amide bonds. The average Bonchev–Trinajstić information content (AvgIpc) is 2.97. The van der Waals surface area contributed by atoms with E-state index in [0.717, 1.165) is 22.4 Å². The lowest BCUT2D eigenvalue weighted by Gasteiger charge is -2.45. The summed E-state index contributed by atoms with van der Waals surface area (Å²) in [6, 6.07) is 9.67. The van der Waals surface area contributed by atoms with Crippen LogP contribution in [0, 0.1) is 49.4 Å². The molecular weight excluding hydrogens is 544 g/mol. The Bertz CT molecular complexity index is 1310. The lowest BCUT2D eigenvalue weighted by Crippen LogP contribution is -2.50. The van der Waals surface area contributed by atoms with Crippen LogP contribution >= 0.6 is 0 Å². The predicted molar refractivity (Wildman–Crippen MR) is 166 cm³/mol. The van der Waals surface area contributed by atoms with E-state index in [0.29, 0.717) is 59.7 Å². The van der Waals surface area contributed by atoms with Crippen LogP contribution in [-0.2, 0) is 14.2 Å². The molecule has 0 aromatic heterocycles. The highest BCUT2D eigenvalue weighted by Gasteiger charge is 2.43. The van der Waals surface area contributed by atoms with Gasteiger partial charge < -0.3 is 28.4 Å². The number of rotatable bonds is 7. The lowest BCUT2D eigenvalue weighted by molar-refractivity contribution is -0.275. The predicted octanol–water partition coefficient (Wildman–Crippen LogP) is 7.70. The molecule has 0 spiro atoms. The maximum absolute atomic E-state index is 13.3. The Morgan fingerprint density at radius 1 is 0.791 bits per heavy atom. The van der Waals surface area contributed by atoms with Crippen LogP contribution in [-0.4, -0.2) is 44.3 Å². The number of methoxy groups -OCH3 is 1. The molecule has 5 unspecified atom stereocenters. The fourth-order valence-corrected chi connectivity index (χ4v) is 6.93. The van der Waals surface area contributed by atoms with Gasteiger partial charge in [0.25, 0.3) is 0 Å². The summed E-state index contributed by atoms with van der Waals surface area (Å²) in [7, 11) is 1.66. The summed E-state index contributed by atoms with van der Waals surface area (Å²) >= 11 is 0. The number of fused-ring (bicyclic) bond motifs is 1. The first-order chi connectivity index (χ1) is 20.4. The minimum absolute atomic E-state index is 0.0721. The normalized spacial score (nSPS) is 36.0. The van der Waals surface area contributed by atoms with E-state index in [1.807, 2.05) is 44.2 Å². The van der Waals surface area contributed by atoms with Crippen molar-refractivity contribution < 1.29 is 33.2 Å². The van der Waals surface area contributed by atoms with Gasteiger partial charge in [0.15, 0.2) is 12.1 Å². The van der Waals surface area contributed by atoms with E-state index in [1.165, 1.54) is 0 Å². The largest absolute Gasteiger partial charge is 0.496 e. The Kier molecular flexibility index (Phi) is 9.45. The van der Waals surface area contributed by atoms with Crippen molar-refractivity contribution in [1.82, 2.24) is 0 Å². The Labute approximate surface area is 257 Å². The zero-order valence-corrected chi connectivity index (χ0v) is 27.5. The average molecular weight is 595 g/mol. The second-order valence-corrected chi connectivity index (χ2v) is 13.4. The van der Waals surface area contributed by atoms with E-state index < -0.39 is 6.29 Å². The quantitative estimate of drug-likeness (QED) is 0.325. The number of carbonyl (C=O) groups is 1. The molecule has 0 saturated carbocycles. The van der Waals surface area contributed by atoms with Gasteiger partial charge in [0.05, 0.1) is 37.9 Å². The number of ketones is 1. The van der Waals surface area contributed by atoms with Gasteiger partial charge in [0.2, 0.25) is 6.29 Å². The number of aryl methyl sites for hydroxylation is 2. The van der Waals surface area contributed by atoms with Crippen LogP contribution in [0.15, 0.2) is 30.3 Å². The Balaban J connectivity index is 1.30. The van der Waals surface area contributed by atoms with Crippen molar-refractivity contribution in [3.63, 3.8) is 0 Å². The molecule has 3 heterocycles. The highest BCUT2D eigenvalue weighted by atomic mass is 16.7. The van der Waals surface area contributed by atoms with Gasteiger partial charge in [-0.05, 0) is 79.3 Å². The van der Waals surface area contributed by atoms with Crippen LogP contribution in [0.3, 0.4) is 0 Å². The fourth-order valence-electron chi connectivity index (χ4n) is 6.93. The van der Waals surface area contributed by atoms with Crippen molar-refractivity contribution in [2.45, 2.75) is 99.6 Å². The number of benzene rings is 2. The highest BCUT2D eigenvalue weighted by Crippen LogP contribution is 2.42. The van der Waals surface area contributed by atoms with Crippen molar-refractivity contribution in [2.24, 2.45) is 35.5 Å². The van der Waals surface area contributed by atoms with Gasteiger partial charge in [-0.3, -0.25) is 4.79 Å². The third-order valence-corrected chi connectivity index (χ3v) is 10.8. The second-order valence-electron chi connectivity index (χ2n) is 13.4. The summed E-state index contributed by atoms with van der Waals surface area (Å²) in [6.45, 7) is 19.9. The molecule has 2 saturated heterocycles. The Hall–Kier alpha value is -2.61. The zero-order chi connectivity index (χ0) is 31.2. The maximum atomic E-state index is 13.3. The summed E-state index contributed by atoms with van der Waals surface area (Å²) < 4.78 is 37.6. The monoisotopic (exact) mass is 594 g/mol. The van der Waals surface area contributed by atoms with Crippen molar-refractivity contribution in [1.29, 1.82) is 0 Å². The van der Waals surface area contributed by atoms with Crippen molar-refractivity contribution >= 4 is 5.78 Å². The van der Waals surface area contributed by atoms with Crippen LogP contribution in [0.4, 0.5) is 0 Å². The number of ether oxygens (including phenoxy) is 6. The highest BCUT2D eigenvalue weighted by molar-refractivity contribution is 6.01. The summed E-state index contributed by atoms with van der Waals surface area (Å²) in [4.78, 5) is 13.3. The molecule has 7 heteroatoms. The Morgan fingerprint density at radius 2 is 1.49 bits per heavy atom. The number of Topliss-reactive ketones (excluding diaryl/α,β-unsaturated/α-hetero) is 1. The molecule has 0 aliphatic carbocycles. The zero-order valence-electron chi connectivity index (χ0n) is 27.5. The molecule has 7 nitrogen and oxygen atoms in total. The Morgan fingerprint density at radius 3 is 2.19 bits per heavy atom. The standard InChI is InChI=1S/C36H50O7/c1-18-13-27(11-12-30(18)38-10)31-16-29(37)34-19(2)14-28(15-32(34)42-31)41-36-25(8)21(4)23(6)33(43-36)17-39-35-24(7)20(3)22(5)26(9)40-35/h11-15,20-26,31,33,35-36H,16-17H2,1-10H3/t20-,21+,22+,23-,24?,25?,26?,31?,33?,35+,36+/m0/s1. The minimum Gasteiger partial charge on any atom is -0.496 e. The van der Waals surface area contributed by atoms with E-state index in [1.54, 1.807) is 7.11 Å². The molecule has 2 aromatic carbocycles.